The number of aryl methyl sites for hydroxylation is 1. The number of hydrogen-bond donors (Lipinski definition) is 0. The number of hydrogen-bond acceptors (Lipinski definition) is 2. The Morgan fingerprint density at radius 2 is 2.13 bits per heavy atom. The van der Waals surface area contributed by atoms with Crippen LogP contribution in [0.15, 0.2) is 12.3 Å². The Balaban J connectivity index is 2.94. The van der Waals surface area contributed by atoms with Gasteiger partial charge in [-0.25, -0.2) is 4.98 Å². The van der Waals surface area contributed by atoms with Gasteiger partial charge in [-0.05, 0) is 19.9 Å². The number of carbonyl (C=O) groups excluding carboxylic acids is 1. The van der Waals surface area contributed by atoms with Gasteiger partial charge < -0.3 is 0 Å². The van der Waals surface area contributed by atoms with Crippen LogP contribution in [0.1, 0.15) is 23.1 Å². The van der Waals surface area contributed by atoms with E-state index in [9.17, 15) is 4.79 Å². The molecule has 15 heavy (non-hydrogen) atoms. The Morgan fingerprint density at radius 3 is 2.73 bits per heavy atom. The number of aromatic nitrogens is 2. The molecule has 0 spiro atoms. The number of nitrogens with zero attached hydrogens (tertiary/aromatic N) is 2. The van der Waals surface area contributed by atoms with Gasteiger partial charge in [0.1, 0.15) is 11.0 Å². The van der Waals surface area contributed by atoms with Crippen LogP contribution >= 0.6 is 23.2 Å². The van der Waals surface area contributed by atoms with E-state index in [2.05, 4.69) is 4.98 Å². The molecule has 0 aliphatic rings. The molecule has 0 N–H and O–H groups in total. The second kappa shape index (κ2) is 3.51. The zero-order valence-electron chi connectivity index (χ0n) is 8.21. The lowest BCUT2D eigenvalue weighted by molar-refractivity contribution is 0.101. The molecule has 0 aromatic carbocycles. The first kappa shape index (κ1) is 10.5. The highest BCUT2D eigenvalue weighted by atomic mass is 35.5. The molecule has 0 fully saturated rings. The smallest absolute Gasteiger partial charge is 0.162 e. The summed E-state index contributed by atoms with van der Waals surface area (Å²) in [6.07, 6.45) is 1.63. The third-order valence-corrected chi connectivity index (χ3v) is 2.93. The summed E-state index contributed by atoms with van der Waals surface area (Å²) in [6, 6.07) is 1.57. The molecule has 78 valence electrons. The minimum absolute atomic E-state index is 0.114. The number of carbonyl (C=O) groups is 1. The first-order valence-electron chi connectivity index (χ1n) is 4.35. The number of ketones is 1. The van der Waals surface area contributed by atoms with Crippen LogP contribution in [0.4, 0.5) is 0 Å². The summed E-state index contributed by atoms with van der Waals surface area (Å²) in [6.45, 7) is 3.26. The van der Waals surface area contributed by atoms with E-state index in [1.165, 1.54) is 6.92 Å². The maximum Gasteiger partial charge on any atom is 0.162 e. The molecule has 0 bridgehead atoms. The molecular formula is C10H8Cl2N2O. The monoisotopic (exact) mass is 242 g/mol. The highest BCUT2D eigenvalue weighted by molar-refractivity contribution is 6.37. The molecule has 0 atom stereocenters. The molecule has 0 saturated carbocycles. The van der Waals surface area contributed by atoms with E-state index in [1.807, 2.05) is 0 Å². The van der Waals surface area contributed by atoms with Gasteiger partial charge in [0.05, 0.1) is 22.3 Å². The Labute approximate surface area is 96.6 Å². The first-order chi connectivity index (χ1) is 7.02. The fourth-order valence-corrected chi connectivity index (χ4v) is 2.13. The van der Waals surface area contributed by atoms with Gasteiger partial charge >= 0.3 is 0 Å². The second-order valence-corrected chi connectivity index (χ2v) is 4.04. The predicted octanol–water partition coefficient (Wildman–Crippen LogP) is 3.15. The van der Waals surface area contributed by atoms with E-state index < -0.39 is 0 Å². The highest BCUT2D eigenvalue weighted by Gasteiger charge is 2.14. The van der Waals surface area contributed by atoms with Gasteiger partial charge in [0.15, 0.2) is 5.78 Å². The van der Waals surface area contributed by atoms with Crippen LogP contribution in [-0.4, -0.2) is 15.2 Å². The summed E-state index contributed by atoms with van der Waals surface area (Å²) in [7, 11) is 0. The lowest BCUT2D eigenvalue weighted by Gasteiger charge is -2.06. The number of Topliss-reactive ketones (excluding diaryl/α,β-unsaturated/α-hetero) is 1. The average molecular weight is 243 g/mol. The van der Waals surface area contributed by atoms with Gasteiger partial charge in [-0.1, -0.05) is 23.2 Å². The van der Waals surface area contributed by atoms with Crippen molar-refractivity contribution in [3.63, 3.8) is 0 Å². The van der Waals surface area contributed by atoms with Crippen LogP contribution in [0.2, 0.25) is 10.2 Å². The SMILES string of the molecule is CC(=O)c1cc(Cl)c2cnc(C)n2c1Cl. The maximum absolute atomic E-state index is 11.3. The van der Waals surface area contributed by atoms with Gasteiger partial charge in [-0.3, -0.25) is 9.20 Å². The van der Waals surface area contributed by atoms with Crippen molar-refractivity contribution >= 4 is 34.5 Å². The van der Waals surface area contributed by atoms with Crippen molar-refractivity contribution in [2.75, 3.05) is 0 Å². The number of imidazole rings is 1. The maximum atomic E-state index is 11.3. The number of fused-ring (bicyclic) bond motifs is 1. The van der Waals surface area contributed by atoms with Crippen LogP contribution in [0, 0.1) is 6.92 Å². The van der Waals surface area contributed by atoms with Crippen molar-refractivity contribution in [1.29, 1.82) is 0 Å². The molecule has 0 radical (unpaired) electrons. The third-order valence-electron chi connectivity index (χ3n) is 2.25. The highest BCUT2D eigenvalue weighted by Crippen LogP contribution is 2.27. The molecule has 0 unspecified atom stereocenters. The van der Waals surface area contributed by atoms with E-state index in [4.69, 9.17) is 23.2 Å². The van der Waals surface area contributed by atoms with Gasteiger partial charge in [0.2, 0.25) is 0 Å². The largest absolute Gasteiger partial charge is 0.294 e. The van der Waals surface area contributed by atoms with Crippen LogP contribution in [0.25, 0.3) is 5.52 Å². The summed E-state index contributed by atoms with van der Waals surface area (Å²) in [5.74, 6) is 0.594. The number of halogens is 2. The fourth-order valence-electron chi connectivity index (χ4n) is 1.49. The molecule has 2 aromatic heterocycles. The molecular weight excluding hydrogens is 235 g/mol. The molecule has 2 aromatic rings. The summed E-state index contributed by atoms with van der Waals surface area (Å²) < 4.78 is 1.67. The fraction of sp³-hybridized carbons (Fsp3) is 0.200. The normalized spacial score (nSPS) is 10.9. The van der Waals surface area contributed by atoms with E-state index in [-0.39, 0.29) is 5.78 Å². The lowest BCUT2D eigenvalue weighted by atomic mass is 10.2. The molecule has 2 heterocycles. The Morgan fingerprint density at radius 1 is 1.47 bits per heavy atom. The summed E-state index contributed by atoms with van der Waals surface area (Å²) in [5.41, 5.74) is 1.12. The van der Waals surface area contributed by atoms with Gasteiger partial charge in [-0.15, -0.1) is 0 Å². The van der Waals surface area contributed by atoms with E-state index in [0.29, 0.717) is 27.1 Å². The minimum atomic E-state index is -0.114. The van der Waals surface area contributed by atoms with E-state index in [1.54, 1.807) is 23.6 Å². The van der Waals surface area contributed by atoms with Gasteiger partial charge in [-0.2, -0.15) is 0 Å². The predicted molar refractivity (Wildman–Crippen MR) is 60.0 cm³/mol. The Bertz CT molecular complexity index is 560. The van der Waals surface area contributed by atoms with Crippen LogP contribution in [0.3, 0.4) is 0 Å². The van der Waals surface area contributed by atoms with Crippen molar-refractivity contribution in [3.8, 4) is 0 Å². The zero-order chi connectivity index (χ0) is 11.2. The van der Waals surface area contributed by atoms with E-state index >= 15 is 0 Å². The summed E-state index contributed by atoms with van der Waals surface area (Å²) in [5, 5.41) is 0.835. The molecule has 2 rings (SSSR count). The van der Waals surface area contributed by atoms with Crippen molar-refractivity contribution in [2.24, 2.45) is 0 Å². The van der Waals surface area contributed by atoms with Crippen LogP contribution in [-0.2, 0) is 0 Å². The van der Waals surface area contributed by atoms with E-state index in [0.717, 1.165) is 0 Å². The molecule has 5 heteroatoms. The van der Waals surface area contributed by atoms with Gasteiger partial charge in [0, 0.05) is 0 Å². The Hall–Kier alpha value is -1.06. The topological polar surface area (TPSA) is 34.4 Å². The zero-order valence-corrected chi connectivity index (χ0v) is 9.73. The van der Waals surface area contributed by atoms with Crippen molar-refractivity contribution in [3.05, 3.63) is 33.8 Å². The Kier molecular flexibility index (Phi) is 2.44. The quantitative estimate of drug-likeness (QED) is 0.569. The van der Waals surface area contributed by atoms with Crippen LogP contribution < -0.4 is 0 Å². The van der Waals surface area contributed by atoms with Gasteiger partial charge in [0.25, 0.3) is 0 Å². The molecule has 0 aliphatic heterocycles. The molecule has 0 amide bonds. The number of rotatable bonds is 1. The first-order valence-corrected chi connectivity index (χ1v) is 5.11. The third kappa shape index (κ3) is 1.52. The van der Waals surface area contributed by atoms with Crippen LogP contribution in [0.5, 0.6) is 0 Å². The minimum Gasteiger partial charge on any atom is -0.294 e. The summed E-state index contributed by atoms with van der Waals surface area (Å²) in [4.78, 5) is 15.4. The standard InChI is InChI=1S/C10H8Cl2N2O/c1-5(15)7-3-8(11)9-4-13-6(2)14(9)10(7)12/h3-4H,1-2H3. The average Bonchev–Trinajstić information content (AvgIpc) is 2.54. The van der Waals surface area contributed by atoms with Crippen molar-refractivity contribution in [1.82, 2.24) is 9.38 Å². The molecule has 0 aliphatic carbocycles. The molecule has 0 saturated heterocycles. The van der Waals surface area contributed by atoms with Crippen molar-refractivity contribution in [2.45, 2.75) is 13.8 Å². The number of pyridine rings is 1. The lowest BCUT2D eigenvalue weighted by Crippen LogP contribution is -2.00. The summed E-state index contributed by atoms with van der Waals surface area (Å²) >= 11 is 12.1. The molecule has 3 nitrogen and oxygen atoms in total. The second-order valence-electron chi connectivity index (χ2n) is 3.28. The van der Waals surface area contributed by atoms with Crippen molar-refractivity contribution < 1.29 is 4.79 Å².